The Bertz CT molecular complexity index is 1080. The Morgan fingerprint density at radius 2 is 1.79 bits per heavy atom. The average Bonchev–Trinajstić information content (AvgIpc) is 3.12. The van der Waals surface area contributed by atoms with Gasteiger partial charge in [-0.2, -0.15) is 0 Å². The van der Waals surface area contributed by atoms with Gasteiger partial charge in [-0.3, -0.25) is 9.36 Å². The molecule has 8 heteroatoms. The van der Waals surface area contributed by atoms with Gasteiger partial charge in [0.05, 0.1) is 30.7 Å². The van der Waals surface area contributed by atoms with Gasteiger partial charge in [0.25, 0.3) is 0 Å². The second-order valence-corrected chi connectivity index (χ2v) is 9.26. The summed E-state index contributed by atoms with van der Waals surface area (Å²) in [6.45, 7) is 2.57. The van der Waals surface area contributed by atoms with Crippen LogP contribution in [0.15, 0.2) is 53.7 Å². The number of hydrogen-bond acceptors (Lipinski definition) is 6. The number of para-hydroxylation sites is 1. The summed E-state index contributed by atoms with van der Waals surface area (Å²) >= 11 is 1.39. The van der Waals surface area contributed by atoms with Gasteiger partial charge in [0.2, 0.25) is 5.91 Å². The highest BCUT2D eigenvalue weighted by Gasteiger charge is 2.21. The number of nitrogens with one attached hydrogen (secondary N) is 1. The minimum atomic E-state index is 0.0389. The van der Waals surface area contributed by atoms with Crippen molar-refractivity contribution in [1.29, 1.82) is 0 Å². The van der Waals surface area contributed by atoms with Crippen molar-refractivity contribution in [2.24, 2.45) is 0 Å². The highest BCUT2D eigenvalue weighted by molar-refractivity contribution is 7.99. The number of ether oxygens (including phenoxy) is 2. The molecule has 0 spiro atoms. The van der Waals surface area contributed by atoms with E-state index in [1.807, 2.05) is 60.0 Å². The quantitative estimate of drug-likeness (QED) is 0.332. The number of benzene rings is 2. The zero-order valence-corrected chi connectivity index (χ0v) is 20.6. The summed E-state index contributed by atoms with van der Waals surface area (Å²) in [6, 6.07) is 15.8. The Labute approximate surface area is 205 Å². The van der Waals surface area contributed by atoms with Crippen LogP contribution in [0.5, 0.6) is 11.5 Å². The fourth-order valence-corrected chi connectivity index (χ4v) is 5.04. The van der Waals surface area contributed by atoms with Crippen molar-refractivity contribution >= 4 is 17.7 Å². The van der Waals surface area contributed by atoms with Crippen LogP contribution in [0, 0.1) is 0 Å². The number of nitrogens with zero attached hydrogens (tertiary/aromatic N) is 3. The summed E-state index contributed by atoms with van der Waals surface area (Å²) in [5, 5.41) is 12.8. The molecule has 0 aliphatic heterocycles. The van der Waals surface area contributed by atoms with Crippen LogP contribution in [0.4, 0.5) is 0 Å². The lowest BCUT2D eigenvalue weighted by molar-refractivity contribution is -0.119. The molecule has 1 heterocycles. The second-order valence-electron chi connectivity index (χ2n) is 8.31. The maximum absolute atomic E-state index is 12.7. The van der Waals surface area contributed by atoms with E-state index in [9.17, 15) is 4.79 Å². The average molecular weight is 481 g/mol. The van der Waals surface area contributed by atoms with Crippen molar-refractivity contribution in [1.82, 2.24) is 20.1 Å². The Hall–Kier alpha value is -3.00. The van der Waals surface area contributed by atoms with Crippen LogP contribution < -0.4 is 14.8 Å². The van der Waals surface area contributed by atoms with E-state index in [0.717, 1.165) is 29.8 Å². The minimum Gasteiger partial charge on any atom is -0.496 e. The van der Waals surface area contributed by atoms with Crippen LogP contribution in [0.1, 0.15) is 45.4 Å². The summed E-state index contributed by atoms with van der Waals surface area (Å²) in [7, 11) is 1.64. The molecule has 180 valence electrons. The molecular formula is C26H32N4O3S. The zero-order chi connectivity index (χ0) is 23.8. The molecule has 7 nitrogen and oxygen atoms in total. The van der Waals surface area contributed by atoms with Gasteiger partial charge in [0.1, 0.15) is 11.5 Å². The highest BCUT2D eigenvalue weighted by Crippen LogP contribution is 2.33. The first-order valence-corrected chi connectivity index (χ1v) is 12.9. The molecule has 0 radical (unpaired) electrons. The summed E-state index contributed by atoms with van der Waals surface area (Å²) in [5.74, 6) is 2.50. The molecule has 0 bridgehead atoms. The predicted octanol–water partition coefficient (Wildman–Crippen LogP) is 5.27. The fraction of sp³-hybridized carbons (Fsp3) is 0.423. The number of rotatable bonds is 9. The van der Waals surface area contributed by atoms with E-state index in [1.165, 1.54) is 37.4 Å². The van der Waals surface area contributed by atoms with Gasteiger partial charge >= 0.3 is 0 Å². The van der Waals surface area contributed by atoms with E-state index in [4.69, 9.17) is 9.47 Å². The monoisotopic (exact) mass is 480 g/mol. The summed E-state index contributed by atoms with van der Waals surface area (Å²) in [4.78, 5) is 12.7. The minimum absolute atomic E-state index is 0.0389. The van der Waals surface area contributed by atoms with Gasteiger partial charge in [-0.15, -0.1) is 10.2 Å². The number of methoxy groups -OCH3 is 1. The van der Waals surface area contributed by atoms with Crippen LogP contribution in [-0.2, 0) is 4.79 Å². The van der Waals surface area contributed by atoms with Crippen molar-refractivity contribution in [2.45, 2.75) is 56.6 Å². The van der Waals surface area contributed by atoms with Crippen molar-refractivity contribution in [3.8, 4) is 28.6 Å². The van der Waals surface area contributed by atoms with Crippen LogP contribution in [0.25, 0.3) is 17.1 Å². The van der Waals surface area contributed by atoms with Crippen molar-refractivity contribution in [3.05, 3.63) is 48.5 Å². The molecule has 1 aliphatic carbocycles. The third kappa shape index (κ3) is 5.91. The first-order chi connectivity index (χ1) is 16.7. The van der Waals surface area contributed by atoms with Gasteiger partial charge in [-0.25, -0.2) is 0 Å². The van der Waals surface area contributed by atoms with Crippen LogP contribution in [-0.4, -0.2) is 46.2 Å². The predicted molar refractivity (Wildman–Crippen MR) is 135 cm³/mol. The summed E-state index contributed by atoms with van der Waals surface area (Å²) in [5.41, 5.74) is 1.72. The van der Waals surface area contributed by atoms with Gasteiger partial charge in [0.15, 0.2) is 11.0 Å². The number of aromatic nitrogens is 3. The normalized spacial score (nSPS) is 14.4. The molecule has 4 rings (SSSR count). The third-order valence-electron chi connectivity index (χ3n) is 5.94. The topological polar surface area (TPSA) is 78.3 Å². The molecule has 0 atom stereocenters. The van der Waals surface area contributed by atoms with E-state index in [1.54, 1.807) is 7.11 Å². The fourth-order valence-electron chi connectivity index (χ4n) is 4.28. The molecular weight excluding hydrogens is 448 g/mol. The number of carbonyl (C=O) groups excluding carboxylic acids is 1. The van der Waals surface area contributed by atoms with E-state index in [-0.39, 0.29) is 17.7 Å². The molecule has 1 aromatic heterocycles. The molecule has 1 fully saturated rings. The molecule has 1 saturated carbocycles. The maximum atomic E-state index is 12.7. The van der Waals surface area contributed by atoms with Gasteiger partial charge in [-0.1, -0.05) is 49.6 Å². The number of thioether (sulfide) groups is 1. The van der Waals surface area contributed by atoms with Crippen LogP contribution in [0.3, 0.4) is 0 Å². The summed E-state index contributed by atoms with van der Waals surface area (Å²) < 4.78 is 13.1. The number of amides is 1. The lowest BCUT2D eigenvalue weighted by Gasteiger charge is -2.16. The lowest BCUT2D eigenvalue weighted by Crippen LogP contribution is -2.35. The molecule has 0 unspecified atom stereocenters. The van der Waals surface area contributed by atoms with Gasteiger partial charge in [0, 0.05) is 6.04 Å². The first-order valence-electron chi connectivity index (χ1n) is 11.9. The smallest absolute Gasteiger partial charge is 0.230 e. The molecule has 1 aliphatic rings. The maximum Gasteiger partial charge on any atom is 0.230 e. The highest BCUT2D eigenvalue weighted by atomic mass is 32.2. The molecule has 34 heavy (non-hydrogen) atoms. The first kappa shape index (κ1) is 24.1. The zero-order valence-electron chi connectivity index (χ0n) is 19.8. The molecule has 0 saturated heterocycles. The van der Waals surface area contributed by atoms with E-state index in [2.05, 4.69) is 15.5 Å². The SMILES string of the molecule is CCOc1ccc(-n2c(SCC(=O)NC3CCCCCC3)nnc2-c2ccccc2OC)cc1. The number of carbonyl (C=O) groups is 1. The van der Waals surface area contributed by atoms with Crippen molar-refractivity contribution < 1.29 is 14.3 Å². The van der Waals surface area contributed by atoms with Crippen LogP contribution in [0.2, 0.25) is 0 Å². The van der Waals surface area contributed by atoms with E-state index >= 15 is 0 Å². The van der Waals surface area contributed by atoms with Crippen molar-refractivity contribution in [3.63, 3.8) is 0 Å². The molecule has 2 aromatic carbocycles. The van der Waals surface area contributed by atoms with E-state index < -0.39 is 0 Å². The third-order valence-corrected chi connectivity index (χ3v) is 6.87. The van der Waals surface area contributed by atoms with Gasteiger partial charge < -0.3 is 14.8 Å². The Morgan fingerprint density at radius 3 is 2.50 bits per heavy atom. The number of hydrogen-bond donors (Lipinski definition) is 1. The lowest BCUT2D eigenvalue weighted by atomic mass is 10.1. The Balaban J connectivity index is 1.59. The summed E-state index contributed by atoms with van der Waals surface area (Å²) in [6.07, 6.45) is 7.03. The molecule has 1 amide bonds. The standard InChI is InChI=1S/C26H32N4O3S/c1-3-33-21-16-14-20(15-17-21)30-25(22-12-8-9-13-23(22)32-2)28-29-26(30)34-18-24(31)27-19-10-6-4-5-7-11-19/h8-9,12-17,19H,3-7,10-11,18H2,1-2H3,(H,27,31). The van der Waals surface area contributed by atoms with Crippen molar-refractivity contribution in [2.75, 3.05) is 19.5 Å². The van der Waals surface area contributed by atoms with Gasteiger partial charge in [-0.05, 0) is 56.2 Å². The molecule has 3 aromatic rings. The van der Waals surface area contributed by atoms with E-state index in [0.29, 0.717) is 23.3 Å². The largest absolute Gasteiger partial charge is 0.496 e. The molecule has 1 N–H and O–H groups in total. The Morgan fingerprint density at radius 1 is 1.06 bits per heavy atom. The second kappa shape index (κ2) is 11.9. The van der Waals surface area contributed by atoms with Crippen LogP contribution >= 0.6 is 11.8 Å². The Kier molecular flexibility index (Phi) is 8.46.